The summed E-state index contributed by atoms with van der Waals surface area (Å²) in [5.74, 6) is -0.784. The maximum atomic E-state index is 13.2. The van der Waals surface area contributed by atoms with Crippen LogP contribution in [0.1, 0.15) is 59.8 Å². The largest absolute Gasteiger partial charge is 0.444 e. The SMILES string of the molecule is CC(C)(C)OC(=O)NC(C)(CS(=O)(=O)F)C1CCCCC1. The van der Waals surface area contributed by atoms with Crippen molar-refractivity contribution in [2.75, 3.05) is 5.75 Å². The highest BCUT2D eigenvalue weighted by molar-refractivity contribution is 7.86. The van der Waals surface area contributed by atoms with Crippen molar-refractivity contribution < 1.29 is 21.8 Å². The van der Waals surface area contributed by atoms with E-state index in [0.717, 1.165) is 32.1 Å². The Hall–Kier alpha value is -0.850. The predicted molar refractivity (Wildman–Crippen MR) is 79.2 cm³/mol. The number of carbonyl (C=O) groups is 1. The molecule has 0 spiro atoms. The highest BCUT2D eigenvalue weighted by Gasteiger charge is 2.41. The van der Waals surface area contributed by atoms with Crippen LogP contribution in [0.4, 0.5) is 8.68 Å². The molecule has 1 aliphatic carbocycles. The fourth-order valence-corrected chi connectivity index (χ4v) is 3.91. The standard InChI is InChI=1S/C14H26FNO4S/c1-13(2,3)20-12(17)16-14(4,10-21(15,18)19)11-8-6-5-7-9-11/h11H,5-10H2,1-4H3,(H,16,17). The van der Waals surface area contributed by atoms with Crippen molar-refractivity contribution >= 4 is 16.3 Å². The molecule has 1 atom stereocenters. The van der Waals surface area contributed by atoms with Gasteiger partial charge in [0.05, 0.1) is 5.54 Å². The van der Waals surface area contributed by atoms with Gasteiger partial charge < -0.3 is 10.1 Å². The molecule has 0 heterocycles. The van der Waals surface area contributed by atoms with Gasteiger partial charge in [0, 0.05) is 0 Å². The minimum absolute atomic E-state index is 0.0655. The van der Waals surface area contributed by atoms with Crippen molar-refractivity contribution in [1.29, 1.82) is 0 Å². The minimum Gasteiger partial charge on any atom is -0.444 e. The molecule has 0 saturated heterocycles. The van der Waals surface area contributed by atoms with Gasteiger partial charge in [0.25, 0.3) is 0 Å². The molecule has 1 N–H and O–H groups in total. The Labute approximate surface area is 126 Å². The first-order valence-electron chi connectivity index (χ1n) is 7.35. The first-order chi connectivity index (χ1) is 9.41. The first-order valence-corrected chi connectivity index (χ1v) is 8.90. The number of halogens is 1. The third-order valence-corrected chi connectivity index (χ3v) is 4.71. The van der Waals surface area contributed by atoms with Gasteiger partial charge >= 0.3 is 16.3 Å². The van der Waals surface area contributed by atoms with E-state index in [1.807, 2.05) is 0 Å². The summed E-state index contributed by atoms with van der Waals surface area (Å²) in [6.07, 6.45) is 3.86. The lowest BCUT2D eigenvalue weighted by Crippen LogP contribution is -2.56. The first kappa shape index (κ1) is 18.2. The van der Waals surface area contributed by atoms with Crippen LogP contribution in [0.2, 0.25) is 0 Å². The third-order valence-electron chi connectivity index (χ3n) is 3.76. The van der Waals surface area contributed by atoms with Crippen LogP contribution < -0.4 is 5.32 Å². The van der Waals surface area contributed by atoms with Gasteiger partial charge in [-0.1, -0.05) is 19.3 Å². The summed E-state index contributed by atoms with van der Waals surface area (Å²) in [7, 11) is -4.69. The average Bonchev–Trinajstić information content (AvgIpc) is 2.24. The van der Waals surface area contributed by atoms with Gasteiger partial charge in [0.15, 0.2) is 0 Å². The maximum absolute atomic E-state index is 13.2. The van der Waals surface area contributed by atoms with E-state index in [1.165, 1.54) is 0 Å². The van der Waals surface area contributed by atoms with Gasteiger partial charge in [0.2, 0.25) is 0 Å². The molecule has 7 heteroatoms. The molecule has 0 aromatic heterocycles. The lowest BCUT2D eigenvalue weighted by Gasteiger charge is -2.39. The Kier molecular flexibility index (Phi) is 5.63. The molecule has 5 nitrogen and oxygen atoms in total. The van der Waals surface area contributed by atoms with Crippen LogP contribution in [0.15, 0.2) is 0 Å². The number of amides is 1. The molecule has 0 aromatic rings. The number of rotatable bonds is 4. The molecular formula is C14H26FNO4S. The van der Waals surface area contributed by atoms with Crippen LogP contribution in [-0.4, -0.2) is 31.4 Å². The second-order valence-corrected chi connectivity index (χ2v) is 8.43. The van der Waals surface area contributed by atoms with E-state index >= 15 is 0 Å². The number of alkyl carbamates (subject to hydrolysis) is 1. The maximum Gasteiger partial charge on any atom is 0.408 e. The molecule has 1 saturated carbocycles. The summed E-state index contributed by atoms with van der Waals surface area (Å²) >= 11 is 0. The van der Waals surface area contributed by atoms with E-state index < -0.39 is 33.2 Å². The van der Waals surface area contributed by atoms with Crippen molar-refractivity contribution in [1.82, 2.24) is 5.32 Å². The Bertz CT molecular complexity index is 466. The van der Waals surface area contributed by atoms with E-state index in [2.05, 4.69) is 5.32 Å². The number of carbonyl (C=O) groups excluding carboxylic acids is 1. The van der Waals surface area contributed by atoms with Gasteiger partial charge in [-0.25, -0.2) is 4.79 Å². The molecule has 1 aliphatic rings. The number of hydrogen-bond donors (Lipinski definition) is 1. The molecule has 0 aliphatic heterocycles. The van der Waals surface area contributed by atoms with Crippen LogP contribution in [-0.2, 0) is 15.0 Å². The van der Waals surface area contributed by atoms with Gasteiger partial charge in [-0.2, -0.15) is 8.42 Å². The highest BCUT2D eigenvalue weighted by atomic mass is 32.3. The van der Waals surface area contributed by atoms with Crippen molar-refractivity contribution in [3.8, 4) is 0 Å². The third kappa shape index (κ3) is 6.63. The van der Waals surface area contributed by atoms with Crippen LogP contribution >= 0.6 is 0 Å². The van der Waals surface area contributed by atoms with Crippen molar-refractivity contribution in [3.63, 3.8) is 0 Å². The monoisotopic (exact) mass is 323 g/mol. The lowest BCUT2D eigenvalue weighted by molar-refractivity contribution is 0.0420. The number of nitrogens with one attached hydrogen (secondary N) is 1. The predicted octanol–water partition coefficient (Wildman–Crippen LogP) is 3.15. The zero-order valence-corrected chi connectivity index (χ0v) is 14.1. The van der Waals surface area contributed by atoms with E-state index in [1.54, 1.807) is 27.7 Å². The molecular weight excluding hydrogens is 297 g/mol. The molecule has 0 aromatic carbocycles. The topological polar surface area (TPSA) is 72.5 Å². The normalized spacial score (nSPS) is 20.6. The van der Waals surface area contributed by atoms with Crippen molar-refractivity contribution in [2.24, 2.45) is 5.92 Å². The lowest BCUT2D eigenvalue weighted by atomic mass is 9.76. The van der Waals surface area contributed by atoms with Gasteiger partial charge in [-0.05, 0) is 46.5 Å². The zero-order valence-electron chi connectivity index (χ0n) is 13.2. The van der Waals surface area contributed by atoms with E-state index in [9.17, 15) is 17.1 Å². The molecule has 21 heavy (non-hydrogen) atoms. The molecule has 1 amide bonds. The van der Waals surface area contributed by atoms with Crippen LogP contribution in [0.5, 0.6) is 0 Å². The molecule has 1 fully saturated rings. The van der Waals surface area contributed by atoms with Crippen molar-refractivity contribution in [2.45, 2.75) is 70.9 Å². The summed E-state index contributed by atoms with van der Waals surface area (Å²) in [6, 6.07) is 0. The minimum atomic E-state index is -4.69. The second kappa shape index (κ2) is 6.50. The summed E-state index contributed by atoms with van der Waals surface area (Å²) in [5, 5.41) is 2.60. The molecule has 0 bridgehead atoms. The average molecular weight is 323 g/mol. The molecule has 0 radical (unpaired) electrons. The molecule has 1 rings (SSSR count). The van der Waals surface area contributed by atoms with Crippen LogP contribution in [0.25, 0.3) is 0 Å². The molecule has 124 valence electrons. The Balaban J connectivity index is 2.88. The fourth-order valence-electron chi connectivity index (χ4n) is 2.89. The zero-order chi connectivity index (χ0) is 16.3. The van der Waals surface area contributed by atoms with Crippen LogP contribution in [0.3, 0.4) is 0 Å². The Morgan fingerprint density at radius 2 is 1.71 bits per heavy atom. The van der Waals surface area contributed by atoms with E-state index in [0.29, 0.717) is 0 Å². The second-order valence-electron chi connectivity index (χ2n) is 7.06. The quantitative estimate of drug-likeness (QED) is 0.807. The van der Waals surface area contributed by atoms with Gasteiger partial charge in [0.1, 0.15) is 11.4 Å². The molecule has 1 unspecified atom stereocenters. The summed E-state index contributed by atoms with van der Waals surface area (Å²) in [4.78, 5) is 12.0. The fraction of sp³-hybridized carbons (Fsp3) is 0.929. The van der Waals surface area contributed by atoms with E-state index in [-0.39, 0.29) is 5.92 Å². The number of ether oxygens (including phenoxy) is 1. The van der Waals surface area contributed by atoms with Crippen molar-refractivity contribution in [3.05, 3.63) is 0 Å². The van der Waals surface area contributed by atoms with Gasteiger partial charge in [-0.3, -0.25) is 0 Å². The van der Waals surface area contributed by atoms with E-state index in [4.69, 9.17) is 4.74 Å². The smallest absolute Gasteiger partial charge is 0.408 e. The Morgan fingerprint density at radius 3 is 2.14 bits per heavy atom. The highest BCUT2D eigenvalue weighted by Crippen LogP contribution is 2.34. The summed E-state index contributed by atoms with van der Waals surface area (Å²) in [6.45, 7) is 6.74. The van der Waals surface area contributed by atoms with Gasteiger partial charge in [-0.15, -0.1) is 3.89 Å². The summed E-state index contributed by atoms with van der Waals surface area (Å²) < 4.78 is 40.6. The number of hydrogen-bond acceptors (Lipinski definition) is 4. The van der Waals surface area contributed by atoms with Crippen LogP contribution in [0, 0.1) is 5.92 Å². The summed E-state index contributed by atoms with van der Waals surface area (Å²) in [5.41, 5.74) is -1.83. The Morgan fingerprint density at radius 1 is 1.19 bits per heavy atom.